The van der Waals surface area contributed by atoms with E-state index in [4.69, 9.17) is 20.1 Å². The van der Waals surface area contributed by atoms with E-state index in [1.165, 1.54) is 19.2 Å². The van der Waals surface area contributed by atoms with E-state index in [0.29, 0.717) is 5.75 Å². The second-order valence-electron chi connectivity index (χ2n) is 2.26. The fraction of sp³-hybridized carbons (Fsp3) is 0.125. The number of carboxylic acids is 1. The van der Waals surface area contributed by atoms with Crippen molar-refractivity contribution >= 4 is 24.6 Å². The van der Waals surface area contributed by atoms with Gasteiger partial charge in [0.05, 0.1) is 12.7 Å². The molecule has 6 heteroatoms. The molecule has 0 bridgehead atoms. The van der Waals surface area contributed by atoms with E-state index >= 15 is 0 Å². The molecule has 0 saturated carbocycles. The number of thiol groups is 1. The zero-order valence-corrected chi connectivity index (χ0v) is 8.36. The lowest BCUT2D eigenvalue weighted by Gasteiger charge is -2.03. The number of carboxylic acid groups (broad SMARTS) is 1. The molecular weight excluding hydrogens is 206 g/mol. The summed E-state index contributed by atoms with van der Waals surface area (Å²) in [5.74, 6) is -0.562. The van der Waals surface area contributed by atoms with Crippen LogP contribution in [-0.4, -0.2) is 22.7 Å². The van der Waals surface area contributed by atoms with Crippen LogP contribution in [0.1, 0.15) is 10.4 Å². The minimum absolute atomic E-state index is 0.0642. The standard InChI is InChI=1S/C8H9NO3.H2OS/c1-12-5-2-3-7(9)6(4-5)8(10)11;1-2/h2-4H,9H2,1H3,(H,10,11);1-2H. The van der Waals surface area contributed by atoms with Crippen LogP contribution in [0.4, 0.5) is 5.69 Å². The maximum absolute atomic E-state index is 10.6. The molecule has 0 aliphatic rings. The molecule has 0 aliphatic carbocycles. The molecular formula is C8H11NO4S. The first-order valence-corrected chi connectivity index (χ1v) is 3.92. The fourth-order valence-corrected chi connectivity index (χ4v) is 0.848. The number of hydrogen-bond acceptors (Lipinski definition) is 5. The van der Waals surface area contributed by atoms with Crippen LogP contribution >= 0.6 is 12.9 Å². The van der Waals surface area contributed by atoms with Crippen LogP contribution in [0.25, 0.3) is 0 Å². The number of hydrogen-bond donors (Lipinski definition) is 4. The van der Waals surface area contributed by atoms with Gasteiger partial charge in [0.25, 0.3) is 0 Å². The van der Waals surface area contributed by atoms with Crippen molar-refractivity contribution in [3.8, 4) is 5.75 Å². The Morgan fingerprint density at radius 3 is 2.50 bits per heavy atom. The summed E-state index contributed by atoms with van der Waals surface area (Å²) in [7, 11) is 1.47. The Kier molecular flexibility index (Phi) is 5.50. The highest BCUT2D eigenvalue weighted by Crippen LogP contribution is 2.18. The van der Waals surface area contributed by atoms with Gasteiger partial charge in [-0.25, -0.2) is 4.79 Å². The Balaban J connectivity index is 0.000000791. The predicted octanol–water partition coefficient (Wildman–Crippen LogP) is 1.36. The van der Waals surface area contributed by atoms with Gasteiger partial charge in [0.1, 0.15) is 5.75 Å². The number of carbonyl (C=O) groups is 1. The molecule has 0 radical (unpaired) electrons. The lowest BCUT2D eigenvalue weighted by atomic mass is 10.2. The number of rotatable bonds is 2. The Labute approximate surface area is 86.7 Å². The first-order valence-electron chi connectivity index (χ1n) is 3.52. The van der Waals surface area contributed by atoms with Gasteiger partial charge < -0.3 is 20.1 Å². The van der Waals surface area contributed by atoms with Gasteiger partial charge in [-0.2, -0.15) is 0 Å². The Morgan fingerprint density at radius 1 is 1.50 bits per heavy atom. The second-order valence-corrected chi connectivity index (χ2v) is 2.26. The molecule has 5 nitrogen and oxygen atoms in total. The van der Waals surface area contributed by atoms with Crippen molar-refractivity contribution in [1.29, 1.82) is 0 Å². The Hall–Kier alpha value is -1.40. The summed E-state index contributed by atoms with van der Waals surface area (Å²) in [4.78, 5) is 10.6. The number of aromatic carboxylic acids is 1. The monoisotopic (exact) mass is 217 g/mol. The van der Waals surface area contributed by atoms with Crippen LogP contribution in [-0.2, 0) is 0 Å². The van der Waals surface area contributed by atoms with Crippen molar-refractivity contribution in [2.45, 2.75) is 0 Å². The number of methoxy groups -OCH3 is 1. The normalized spacial score (nSPS) is 8.50. The predicted molar refractivity (Wildman–Crippen MR) is 56.0 cm³/mol. The first-order chi connectivity index (χ1) is 6.65. The molecule has 0 aliphatic heterocycles. The highest BCUT2D eigenvalue weighted by molar-refractivity contribution is 7.74. The number of ether oxygens (including phenoxy) is 1. The quantitative estimate of drug-likeness (QED) is 0.341. The molecule has 1 rings (SSSR count). The third-order valence-electron chi connectivity index (χ3n) is 1.49. The zero-order valence-electron chi connectivity index (χ0n) is 7.47. The minimum atomic E-state index is -1.05. The average molecular weight is 217 g/mol. The third kappa shape index (κ3) is 3.15. The molecule has 0 unspecified atom stereocenters. The van der Waals surface area contributed by atoms with Crippen molar-refractivity contribution in [2.75, 3.05) is 12.8 Å². The SMILES string of the molecule is COc1ccc(N)c(C(=O)O)c1.OS. The van der Waals surface area contributed by atoms with Crippen LogP contribution in [0.3, 0.4) is 0 Å². The summed E-state index contributed by atoms with van der Waals surface area (Å²) in [6.45, 7) is 0. The maximum atomic E-state index is 10.6. The van der Waals surface area contributed by atoms with Crippen molar-refractivity contribution in [2.24, 2.45) is 0 Å². The molecule has 0 aromatic heterocycles. The van der Waals surface area contributed by atoms with Crippen molar-refractivity contribution in [1.82, 2.24) is 0 Å². The van der Waals surface area contributed by atoms with Crippen LogP contribution < -0.4 is 10.5 Å². The van der Waals surface area contributed by atoms with E-state index in [2.05, 4.69) is 12.9 Å². The van der Waals surface area contributed by atoms with E-state index in [1.807, 2.05) is 0 Å². The number of nitrogens with two attached hydrogens (primary N) is 1. The third-order valence-corrected chi connectivity index (χ3v) is 1.49. The lowest BCUT2D eigenvalue weighted by Crippen LogP contribution is -2.02. The van der Waals surface area contributed by atoms with Gasteiger partial charge in [-0.3, -0.25) is 0 Å². The van der Waals surface area contributed by atoms with Gasteiger partial charge in [0, 0.05) is 5.69 Å². The highest BCUT2D eigenvalue weighted by atomic mass is 32.1. The van der Waals surface area contributed by atoms with Crippen LogP contribution in [0, 0.1) is 0 Å². The van der Waals surface area contributed by atoms with Gasteiger partial charge >= 0.3 is 5.97 Å². The fourth-order valence-electron chi connectivity index (χ4n) is 0.848. The van der Waals surface area contributed by atoms with Crippen molar-refractivity contribution < 1.29 is 19.2 Å². The molecule has 0 atom stereocenters. The summed E-state index contributed by atoms with van der Waals surface area (Å²) >= 11 is 2.53. The number of benzene rings is 1. The highest BCUT2D eigenvalue weighted by Gasteiger charge is 2.07. The number of nitrogen functional groups attached to an aromatic ring is 1. The summed E-state index contributed by atoms with van der Waals surface area (Å²) in [5, 5.41) is 8.65. The summed E-state index contributed by atoms with van der Waals surface area (Å²) in [5.41, 5.74) is 5.71. The van der Waals surface area contributed by atoms with Gasteiger partial charge in [0.2, 0.25) is 0 Å². The van der Waals surface area contributed by atoms with Crippen LogP contribution in [0.2, 0.25) is 0 Å². The summed E-state index contributed by atoms with van der Waals surface area (Å²) in [6, 6.07) is 4.50. The molecule has 0 spiro atoms. The van der Waals surface area contributed by atoms with E-state index in [0.717, 1.165) is 0 Å². The Bertz CT molecular complexity index is 316. The summed E-state index contributed by atoms with van der Waals surface area (Å²) in [6.07, 6.45) is 0. The molecule has 4 N–H and O–H groups in total. The first kappa shape index (κ1) is 12.6. The topological polar surface area (TPSA) is 92.8 Å². The van der Waals surface area contributed by atoms with Gasteiger partial charge in [0.15, 0.2) is 0 Å². The maximum Gasteiger partial charge on any atom is 0.337 e. The lowest BCUT2D eigenvalue weighted by molar-refractivity contribution is 0.0697. The van der Waals surface area contributed by atoms with Crippen LogP contribution in [0.15, 0.2) is 18.2 Å². The molecule has 1 aromatic carbocycles. The molecule has 0 amide bonds. The van der Waals surface area contributed by atoms with Gasteiger partial charge in [-0.15, -0.1) is 0 Å². The van der Waals surface area contributed by atoms with Crippen molar-refractivity contribution in [3.05, 3.63) is 23.8 Å². The molecule has 1 aromatic rings. The van der Waals surface area contributed by atoms with E-state index in [1.54, 1.807) is 6.07 Å². The largest absolute Gasteiger partial charge is 0.497 e. The molecule has 0 heterocycles. The van der Waals surface area contributed by atoms with E-state index < -0.39 is 5.97 Å². The van der Waals surface area contributed by atoms with Crippen LogP contribution in [0.5, 0.6) is 5.75 Å². The molecule has 78 valence electrons. The van der Waals surface area contributed by atoms with E-state index in [-0.39, 0.29) is 11.3 Å². The summed E-state index contributed by atoms with van der Waals surface area (Å²) < 4.78 is 11.5. The van der Waals surface area contributed by atoms with Gasteiger partial charge in [-0.05, 0) is 31.1 Å². The zero-order chi connectivity index (χ0) is 11.1. The van der Waals surface area contributed by atoms with E-state index in [9.17, 15) is 4.79 Å². The molecule has 14 heavy (non-hydrogen) atoms. The Morgan fingerprint density at radius 2 is 2.07 bits per heavy atom. The molecule has 0 fully saturated rings. The van der Waals surface area contributed by atoms with Crippen molar-refractivity contribution in [3.63, 3.8) is 0 Å². The number of anilines is 1. The molecule has 0 saturated heterocycles. The smallest absolute Gasteiger partial charge is 0.337 e. The van der Waals surface area contributed by atoms with Gasteiger partial charge in [-0.1, -0.05) is 0 Å². The average Bonchev–Trinajstić information content (AvgIpc) is 2.21. The minimum Gasteiger partial charge on any atom is -0.497 e. The second kappa shape index (κ2) is 6.11.